The average Bonchev–Trinajstić information content (AvgIpc) is 2.60. The van der Waals surface area contributed by atoms with Crippen LogP contribution in [0.2, 0.25) is 0 Å². The quantitative estimate of drug-likeness (QED) is 0.827. The van der Waals surface area contributed by atoms with Gasteiger partial charge >= 0.3 is 0 Å². The summed E-state index contributed by atoms with van der Waals surface area (Å²) in [6.45, 7) is 9.04. The van der Waals surface area contributed by atoms with Crippen molar-refractivity contribution >= 4 is 11.8 Å². The van der Waals surface area contributed by atoms with Crippen LogP contribution in [0.25, 0.3) is 0 Å². The molecule has 1 aromatic carbocycles. The molecular weight excluding hydrogens is 308 g/mol. The zero-order valence-corrected chi connectivity index (χ0v) is 14.5. The third kappa shape index (κ3) is 3.18. The molecule has 3 rings (SSSR count). The molecule has 2 aliphatic rings. The summed E-state index contributed by atoms with van der Waals surface area (Å²) in [5.74, 6) is 1.46. The maximum atomic E-state index is 12.8. The normalized spacial score (nSPS) is 17.2. The fourth-order valence-corrected chi connectivity index (χ4v) is 3.09. The molecule has 6 heteroatoms. The Morgan fingerprint density at radius 2 is 1.50 bits per heavy atom. The number of carbonyl (C=O) groups excluding carboxylic acids is 2. The second kappa shape index (κ2) is 6.71. The molecule has 0 aliphatic carbocycles. The van der Waals surface area contributed by atoms with E-state index in [-0.39, 0.29) is 17.7 Å². The van der Waals surface area contributed by atoms with Gasteiger partial charge in [0.25, 0.3) is 5.91 Å². The number of benzene rings is 1. The maximum absolute atomic E-state index is 12.8. The first kappa shape index (κ1) is 16.6. The number of rotatable bonds is 2. The van der Waals surface area contributed by atoms with Gasteiger partial charge in [-0.3, -0.25) is 9.59 Å². The monoisotopic (exact) mass is 332 g/mol. The van der Waals surface area contributed by atoms with Crippen LogP contribution in [-0.2, 0) is 4.79 Å². The Kier molecular flexibility index (Phi) is 4.64. The number of hydrogen-bond donors (Lipinski definition) is 0. The Balaban J connectivity index is 1.71. The van der Waals surface area contributed by atoms with Crippen molar-refractivity contribution in [2.24, 2.45) is 5.92 Å². The summed E-state index contributed by atoms with van der Waals surface area (Å²) in [4.78, 5) is 28.5. The van der Waals surface area contributed by atoms with Gasteiger partial charge in [0.15, 0.2) is 11.5 Å². The fraction of sp³-hybridized carbons (Fsp3) is 0.556. The molecule has 0 bridgehead atoms. The molecule has 0 saturated carbocycles. The van der Waals surface area contributed by atoms with E-state index in [1.165, 1.54) is 0 Å². The lowest BCUT2D eigenvalue weighted by Gasteiger charge is -2.36. The van der Waals surface area contributed by atoms with Crippen molar-refractivity contribution in [1.29, 1.82) is 0 Å². The Labute approximate surface area is 142 Å². The smallest absolute Gasteiger partial charge is 0.254 e. The maximum Gasteiger partial charge on any atom is 0.254 e. The van der Waals surface area contributed by atoms with Gasteiger partial charge in [0, 0.05) is 37.7 Å². The van der Waals surface area contributed by atoms with E-state index in [0.29, 0.717) is 56.5 Å². The van der Waals surface area contributed by atoms with Gasteiger partial charge in [-0.15, -0.1) is 0 Å². The fourth-order valence-electron chi connectivity index (χ4n) is 3.09. The largest absolute Gasteiger partial charge is 0.486 e. The minimum absolute atomic E-state index is 0.00714. The molecule has 0 aromatic heterocycles. The van der Waals surface area contributed by atoms with Gasteiger partial charge in [0.2, 0.25) is 5.91 Å². The lowest BCUT2D eigenvalue weighted by Crippen LogP contribution is -2.51. The van der Waals surface area contributed by atoms with E-state index in [1.54, 1.807) is 6.07 Å². The van der Waals surface area contributed by atoms with Crippen LogP contribution in [-0.4, -0.2) is 61.0 Å². The molecule has 0 unspecified atom stereocenters. The van der Waals surface area contributed by atoms with Crippen LogP contribution < -0.4 is 9.47 Å². The first-order valence-electron chi connectivity index (χ1n) is 8.45. The molecule has 1 fully saturated rings. The predicted molar refractivity (Wildman–Crippen MR) is 89.5 cm³/mol. The molecule has 2 aliphatic heterocycles. The second-order valence-corrected chi connectivity index (χ2v) is 6.58. The van der Waals surface area contributed by atoms with Crippen molar-refractivity contribution in [1.82, 2.24) is 9.80 Å². The highest BCUT2D eigenvalue weighted by atomic mass is 16.6. The number of hydrogen-bond acceptors (Lipinski definition) is 4. The van der Waals surface area contributed by atoms with Crippen LogP contribution in [0.5, 0.6) is 11.5 Å². The van der Waals surface area contributed by atoms with Crippen molar-refractivity contribution in [2.75, 3.05) is 39.4 Å². The lowest BCUT2D eigenvalue weighted by atomic mass is 10.1. The van der Waals surface area contributed by atoms with Crippen LogP contribution in [0, 0.1) is 12.8 Å². The Morgan fingerprint density at radius 3 is 2.08 bits per heavy atom. The number of fused-ring (bicyclic) bond motifs is 1. The summed E-state index contributed by atoms with van der Waals surface area (Å²) in [6.07, 6.45) is 0. The molecule has 130 valence electrons. The predicted octanol–water partition coefficient (Wildman–Crippen LogP) is 1.71. The van der Waals surface area contributed by atoms with E-state index < -0.39 is 0 Å². The number of nitrogens with zero attached hydrogens (tertiary/aromatic N) is 2. The molecule has 0 spiro atoms. The Bertz CT molecular complexity index is 649. The zero-order chi connectivity index (χ0) is 17.3. The van der Waals surface area contributed by atoms with Crippen LogP contribution in [0.4, 0.5) is 0 Å². The zero-order valence-electron chi connectivity index (χ0n) is 14.5. The molecule has 6 nitrogen and oxygen atoms in total. The molecule has 0 N–H and O–H groups in total. The highest BCUT2D eigenvalue weighted by Gasteiger charge is 2.27. The summed E-state index contributed by atoms with van der Waals surface area (Å²) >= 11 is 0. The van der Waals surface area contributed by atoms with Gasteiger partial charge in [0.1, 0.15) is 13.2 Å². The molecule has 2 amide bonds. The van der Waals surface area contributed by atoms with E-state index in [1.807, 2.05) is 36.6 Å². The van der Waals surface area contributed by atoms with Gasteiger partial charge in [-0.05, 0) is 24.6 Å². The molecule has 0 radical (unpaired) electrons. The first-order valence-corrected chi connectivity index (χ1v) is 8.45. The number of carbonyl (C=O) groups is 2. The van der Waals surface area contributed by atoms with Gasteiger partial charge in [0.05, 0.1) is 0 Å². The van der Waals surface area contributed by atoms with Crippen LogP contribution >= 0.6 is 0 Å². The summed E-state index contributed by atoms with van der Waals surface area (Å²) < 4.78 is 11.1. The lowest BCUT2D eigenvalue weighted by molar-refractivity contribution is -0.135. The topological polar surface area (TPSA) is 59.1 Å². The van der Waals surface area contributed by atoms with Crippen molar-refractivity contribution in [2.45, 2.75) is 20.8 Å². The second-order valence-electron chi connectivity index (χ2n) is 6.58. The van der Waals surface area contributed by atoms with Crippen LogP contribution in [0.3, 0.4) is 0 Å². The van der Waals surface area contributed by atoms with Gasteiger partial charge < -0.3 is 19.3 Å². The third-order valence-corrected chi connectivity index (χ3v) is 4.49. The highest BCUT2D eigenvalue weighted by molar-refractivity contribution is 5.96. The van der Waals surface area contributed by atoms with Gasteiger partial charge in [-0.25, -0.2) is 0 Å². The number of amides is 2. The van der Waals surface area contributed by atoms with E-state index >= 15 is 0 Å². The van der Waals surface area contributed by atoms with Crippen molar-refractivity contribution in [3.05, 3.63) is 23.3 Å². The molecule has 24 heavy (non-hydrogen) atoms. The molecule has 1 saturated heterocycles. The molecular formula is C18H24N2O4. The summed E-state index contributed by atoms with van der Waals surface area (Å²) in [5, 5.41) is 0. The molecule has 2 heterocycles. The van der Waals surface area contributed by atoms with Crippen LogP contribution in [0.1, 0.15) is 29.8 Å². The van der Waals surface area contributed by atoms with Crippen molar-refractivity contribution < 1.29 is 19.1 Å². The van der Waals surface area contributed by atoms with Gasteiger partial charge in [-0.2, -0.15) is 0 Å². The van der Waals surface area contributed by atoms with Crippen molar-refractivity contribution in [3.8, 4) is 11.5 Å². The number of piperazine rings is 1. The summed E-state index contributed by atoms with van der Waals surface area (Å²) in [6, 6.07) is 3.64. The first-order chi connectivity index (χ1) is 11.5. The minimum Gasteiger partial charge on any atom is -0.486 e. The minimum atomic E-state index is -0.0129. The standard InChI is InChI=1S/C18H24N2O4/c1-12(2)17(21)19-4-6-20(7-5-19)18(22)14-11-16-15(10-13(14)3)23-8-9-24-16/h10-12H,4-9H2,1-3H3. The number of ether oxygens (including phenoxy) is 2. The third-order valence-electron chi connectivity index (χ3n) is 4.49. The SMILES string of the molecule is Cc1cc2c(cc1C(=O)N1CCN(C(=O)C(C)C)CC1)OCCO2. The van der Waals surface area contributed by atoms with E-state index in [2.05, 4.69) is 0 Å². The molecule has 1 aromatic rings. The Morgan fingerprint density at radius 1 is 0.958 bits per heavy atom. The Hall–Kier alpha value is -2.24. The van der Waals surface area contributed by atoms with E-state index in [4.69, 9.17) is 9.47 Å². The molecule has 0 atom stereocenters. The number of aryl methyl sites for hydroxylation is 1. The van der Waals surface area contributed by atoms with E-state index in [9.17, 15) is 9.59 Å². The van der Waals surface area contributed by atoms with Gasteiger partial charge in [-0.1, -0.05) is 13.8 Å². The summed E-state index contributed by atoms with van der Waals surface area (Å²) in [7, 11) is 0. The van der Waals surface area contributed by atoms with E-state index in [0.717, 1.165) is 5.56 Å². The van der Waals surface area contributed by atoms with Crippen LogP contribution in [0.15, 0.2) is 12.1 Å². The van der Waals surface area contributed by atoms with Crippen molar-refractivity contribution in [3.63, 3.8) is 0 Å². The summed E-state index contributed by atoms with van der Waals surface area (Å²) in [5.41, 5.74) is 1.52. The average molecular weight is 332 g/mol. The highest BCUT2D eigenvalue weighted by Crippen LogP contribution is 2.33.